The number of fused-ring (bicyclic) bond motifs is 1. The van der Waals surface area contributed by atoms with Gasteiger partial charge in [-0.1, -0.05) is 30.3 Å². The fourth-order valence-electron chi connectivity index (χ4n) is 4.26. The zero-order valence-corrected chi connectivity index (χ0v) is 19.5. The summed E-state index contributed by atoms with van der Waals surface area (Å²) in [4.78, 5) is 27.2. The number of hydrogen-bond acceptors (Lipinski definition) is 5. The zero-order valence-electron chi connectivity index (χ0n) is 19.5. The average Bonchev–Trinajstić information content (AvgIpc) is 2.88. The summed E-state index contributed by atoms with van der Waals surface area (Å²) in [6.07, 6.45) is 0.689. The van der Waals surface area contributed by atoms with Crippen LogP contribution < -0.4 is 14.8 Å². The van der Waals surface area contributed by atoms with Crippen LogP contribution in [0.4, 0.5) is 10.5 Å². The number of urea groups is 1. The highest BCUT2D eigenvalue weighted by Crippen LogP contribution is 2.41. The minimum absolute atomic E-state index is 0.224. The molecule has 0 aliphatic carbocycles. The summed E-state index contributed by atoms with van der Waals surface area (Å²) < 4.78 is 16.1. The first-order chi connectivity index (χ1) is 16.5. The van der Waals surface area contributed by atoms with Gasteiger partial charge in [-0.05, 0) is 66.4 Å². The molecule has 1 N–H and O–H groups in total. The molecule has 0 bridgehead atoms. The Bertz CT molecular complexity index is 1160. The Balaban J connectivity index is 1.64. The lowest BCUT2D eigenvalue weighted by atomic mass is 9.88. The van der Waals surface area contributed by atoms with E-state index < -0.39 is 0 Å². The van der Waals surface area contributed by atoms with Crippen LogP contribution in [0.15, 0.2) is 66.7 Å². The smallest absolute Gasteiger partial charge is 0.338 e. The molecule has 1 heterocycles. The Morgan fingerprint density at radius 2 is 1.65 bits per heavy atom. The van der Waals surface area contributed by atoms with Gasteiger partial charge in [-0.2, -0.15) is 0 Å². The predicted octanol–water partition coefficient (Wildman–Crippen LogP) is 5.06. The predicted molar refractivity (Wildman–Crippen MR) is 130 cm³/mol. The number of esters is 1. The minimum Gasteiger partial charge on any atom is -0.493 e. The summed E-state index contributed by atoms with van der Waals surface area (Å²) in [5, 5.41) is 2.97. The maximum atomic E-state index is 13.4. The van der Waals surface area contributed by atoms with E-state index in [0.717, 1.165) is 16.7 Å². The zero-order chi connectivity index (χ0) is 24.1. The number of amides is 2. The number of nitrogens with one attached hydrogen (secondary N) is 1. The van der Waals surface area contributed by atoms with Crippen molar-refractivity contribution in [3.63, 3.8) is 0 Å². The molecule has 0 radical (unpaired) electrons. The highest BCUT2D eigenvalue weighted by Gasteiger charge is 2.33. The largest absolute Gasteiger partial charge is 0.493 e. The van der Waals surface area contributed by atoms with E-state index in [0.29, 0.717) is 42.3 Å². The number of rotatable bonds is 6. The highest BCUT2D eigenvalue weighted by atomic mass is 16.5. The van der Waals surface area contributed by atoms with E-state index in [1.54, 1.807) is 45.4 Å². The van der Waals surface area contributed by atoms with Crippen molar-refractivity contribution in [2.24, 2.45) is 0 Å². The second-order valence-corrected chi connectivity index (χ2v) is 7.89. The Morgan fingerprint density at radius 1 is 0.971 bits per heavy atom. The van der Waals surface area contributed by atoms with Gasteiger partial charge in [-0.3, -0.25) is 0 Å². The standard InChI is InChI=1S/C27H28N2O5/c1-4-34-26(30)19-10-12-21(13-11-19)28-27(31)29-15-14-20-16-23(32-2)24(33-3)17-22(20)25(29)18-8-6-5-7-9-18/h5-13,16-17,25H,4,14-15H2,1-3H3,(H,28,31). The molecule has 7 nitrogen and oxygen atoms in total. The second-order valence-electron chi connectivity index (χ2n) is 7.89. The van der Waals surface area contributed by atoms with Gasteiger partial charge in [0.2, 0.25) is 0 Å². The molecule has 0 saturated carbocycles. The van der Waals surface area contributed by atoms with Gasteiger partial charge in [0.05, 0.1) is 32.4 Å². The van der Waals surface area contributed by atoms with E-state index in [-0.39, 0.29) is 18.0 Å². The summed E-state index contributed by atoms with van der Waals surface area (Å²) in [6, 6.07) is 20.1. The fraction of sp³-hybridized carbons (Fsp3) is 0.259. The Labute approximate surface area is 199 Å². The van der Waals surface area contributed by atoms with Crippen molar-refractivity contribution in [2.75, 3.05) is 32.7 Å². The van der Waals surface area contributed by atoms with Crippen LogP contribution in [0, 0.1) is 0 Å². The third-order valence-electron chi connectivity index (χ3n) is 5.90. The minimum atomic E-state index is -0.387. The normalized spacial score (nSPS) is 14.7. The van der Waals surface area contributed by atoms with Crippen molar-refractivity contribution in [1.29, 1.82) is 0 Å². The third-order valence-corrected chi connectivity index (χ3v) is 5.90. The molecule has 1 atom stereocenters. The molecule has 0 spiro atoms. The van der Waals surface area contributed by atoms with E-state index in [1.807, 2.05) is 47.4 Å². The number of carbonyl (C=O) groups is 2. The summed E-state index contributed by atoms with van der Waals surface area (Å²) in [6.45, 7) is 2.61. The number of ether oxygens (including phenoxy) is 3. The quantitative estimate of drug-likeness (QED) is 0.521. The Morgan fingerprint density at radius 3 is 2.29 bits per heavy atom. The van der Waals surface area contributed by atoms with Crippen LogP contribution in [0.25, 0.3) is 0 Å². The van der Waals surface area contributed by atoms with Crippen LogP contribution in [0.5, 0.6) is 11.5 Å². The lowest BCUT2D eigenvalue weighted by molar-refractivity contribution is 0.0526. The number of hydrogen-bond donors (Lipinski definition) is 1. The molecule has 7 heteroatoms. The SMILES string of the molecule is CCOC(=O)c1ccc(NC(=O)N2CCc3cc(OC)c(OC)cc3C2c2ccccc2)cc1. The lowest BCUT2D eigenvalue weighted by Crippen LogP contribution is -2.43. The van der Waals surface area contributed by atoms with Crippen LogP contribution in [0.1, 0.15) is 40.0 Å². The molecule has 1 unspecified atom stereocenters. The number of methoxy groups -OCH3 is 2. The number of nitrogens with zero attached hydrogens (tertiary/aromatic N) is 1. The van der Waals surface area contributed by atoms with Gasteiger partial charge >= 0.3 is 12.0 Å². The van der Waals surface area contributed by atoms with Crippen LogP contribution >= 0.6 is 0 Å². The molecule has 3 aromatic carbocycles. The van der Waals surface area contributed by atoms with Crippen LogP contribution in [-0.4, -0.2) is 44.3 Å². The van der Waals surface area contributed by atoms with Gasteiger partial charge in [0.25, 0.3) is 0 Å². The van der Waals surface area contributed by atoms with Crippen molar-refractivity contribution < 1.29 is 23.8 Å². The fourth-order valence-corrected chi connectivity index (χ4v) is 4.26. The van der Waals surface area contributed by atoms with E-state index in [2.05, 4.69) is 5.32 Å². The summed E-state index contributed by atoms with van der Waals surface area (Å²) >= 11 is 0. The molecule has 34 heavy (non-hydrogen) atoms. The van der Waals surface area contributed by atoms with Gasteiger partial charge in [0.15, 0.2) is 11.5 Å². The Hall–Kier alpha value is -4.00. The topological polar surface area (TPSA) is 77.1 Å². The molecule has 0 fully saturated rings. The number of anilines is 1. The first kappa shape index (κ1) is 23.2. The van der Waals surface area contributed by atoms with E-state index in [4.69, 9.17) is 14.2 Å². The third kappa shape index (κ3) is 4.69. The van der Waals surface area contributed by atoms with Crippen molar-refractivity contribution in [3.8, 4) is 11.5 Å². The molecule has 0 saturated heterocycles. The number of benzene rings is 3. The summed E-state index contributed by atoms with van der Waals surface area (Å²) in [5.74, 6) is 0.910. The van der Waals surface area contributed by atoms with Gasteiger partial charge in [-0.25, -0.2) is 9.59 Å². The monoisotopic (exact) mass is 460 g/mol. The molecule has 1 aliphatic heterocycles. The molecule has 4 rings (SSSR count). The molecular weight excluding hydrogens is 432 g/mol. The van der Waals surface area contributed by atoms with Crippen molar-refractivity contribution in [1.82, 2.24) is 4.90 Å². The maximum Gasteiger partial charge on any atom is 0.338 e. The van der Waals surface area contributed by atoms with Crippen molar-refractivity contribution in [3.05, 3.63) is 89.0 Å². The summed E-state index contributed by atoms with van der Waals surface area (Å²) in [7, 11) is 3.23. The molecule has 3 aromatic rings. The van der Waals surface area contributed by atoms with Crippen molar-refractivity contribution >= 4 is 17.7 Å². The van der Waals surface area contributed by atoms with Gasteiger partial charge in [-0.15, -0.1) is 0 Å². The molecular formula is C27H28N2O5. The second kappa shape index (κ2) is 10.3. The first-order valence-electron chi connectivity index (χ1n) is 11.2. The van der Waals surface area contributed by atoms with E-state index >= 15 is 0 Å². The van der Waals surface area contributed by atoms with Gasteiger partial charge in [0, 0.05) is 12.2 Å². The summed E-state index contributed by atoms with van der Waals surface area (Å²) in [5.41, 5.74) is 4.17. The Kier molecular flexibility index (Phi) is 7.01. The molecule has 1 aliphatic rings. The molecule has 2 amide bonds. The molecule has 176 valence electrons. The van der Waals surface area contributed by atoms with Crippen molar-refractivity contribution in [2.45, 2.75) is 19.4 Å². The van der Waals surface area contributed by atoms with Gasteiger partial charge in [0.1, 0.15) is 0 Å². The van der Waals surface area contributed by atoms with Crippen LogP contribution in [0.2, 0.25) is 0 Å². The van der Waals surface area contributed by atoms with Gasteiger partial charge < -0.3 is 24.4 Å². The maximum absolute atomic E-state index is 13.4. The average molecular weight is 461 g/mol. The van der Waals surface area contributed by atoms with Crippen LogP contribution in [-0.2, 0) is 11.2 Å². The lowest BCUT2D eigenvalue weighted by Gasteiger charge is -2.38. The van der Waals surface area contributed by atoms with E-state index in [1.165, 1.54) is 0 Å². The molecule has 0 aromatic heterocycles. The highest BCUT2D eigenvalue weighted by molar-refractivity contribution is 5.92. The first-order valence-corrected chi connectivity index (χ1v) is 11.2. The van der Waals surface area contributed by atoms with Crippen LogP contribution in [0.3, 0.4) is 0 Å². The number of carbonyl (C=O) groups excluding carboxylic acids is 2. The van der Waals surface area contributed by atoms with E-state index in [9.17, 15) is 9.59 Å².